The van der Waals surface area contributed by atoms with Gasteiger partial charge < -0.3 is 15.5 Å². The monoisotopic (exact) mass is 379 g/mol. The van der Waals surface area contributed by atoms with E-state index in [1.54, 1.807) is 6.07 Å². The van der Waals surface area contributed by atoms with Gasteiger partial charge >= 0.3 is 0 Å². The smallest absolute Gasteiger partial charge is 0.274 e. The van der Waals surface area contributed by atoms with Gasteiger partial charge in [0, 0.05) is 36.2 Å². The zero-order chi connectivity index (χ0) is 19.3. The molecule has 2 aliphatic rings. The van der Waals surface area contributed by atoms with E-state index >= 15 is 0 Å². The third kappa shape index (κ3) is 4.61. The molecular weight excluding hydrogens is 350 g/mol. The molecule has 0 spiro atoms. The Morgan fingerprint density at radius 2 is 1.71 bits per heavy atom. The number of nitrogens with zero attached hydrogens (tertiary/aromatic N) is 3. The number of anilines is 3. The number of aryl methyl sites for hydroxylation is 1. The van der Waals surface area contributed by atoms with E-state index in [1.165, 1.54) is 37.8 Å². The number of benzene rings is 1. The number of carbonyl (C=O) groups excluding carboxylic acids is 1. The summed E-state index contributed by atoms with van der Waals surface area (Å²) >= 11 is 0. The van der Waals surface area contributed by atoms with Crippen molar-refractivity contribution >= 4 is 23.2 Å². The number of rotatable bonds is 5. The molecule has 4 rings (SSSR count). The van der Waals surface area contributed by atoms with Crippen LogP contribution >= 0.6 is 0 Å². The van der Waals surface area contributed by atoms with Crippen LogP contribution < -0.4 is 15.5 Å². The summed E-state index contributed by atoms with van der Waals surface area (Å²) in [4.78, 5) is 24.0. The van der Waals surface area contributed by atoms with Crippen molar-refractivity contribution in [1.29, 1.82) is 0 Å². The number of hydrogen-bond donors (Lipinski definition) is 2. The summed E-state index contributed by atoms with van der Waals surface area (Å²) in [5.74, 6) is 0.350. The van der Waals surface area contributed by atoms with E-state index in [4.69, 9.17) is 0 Å². The van der Waals surface area contributed by atoms with E-state index in [-0.39, 0.29) is 5.91 Å². The normalized spacial score (nSPS) is 17.5. The van der Waals surface area contributed by atoms with Crippen molar-refractivity contribution in [3.8, 4) is 0 Å². The van der Waals surface area contributed by atoms with Gasteiger partial charge in [0.1, 0.15) is 5.69 Å². The maximum absolute atomic E-state index is 12.7. The first-order chi connectivity index (χ1) is 13.7. The average Bonchev–Trinajstić information content (AvgIpc) is 3.22. The highest BCUT2D eigenvalue weighted by Crippen LogP contribution is 2.23. The van der Waals surface area contributed by atoms with Crippen molar-refractivity contribution in [1.82, 2.24) is 9.97 Å². The molecule has 148 valence electrons. The van der Waals surface area contributed by atoms with Crippen molar-refractivity contribution in [2.24, 2.45) is 0 Å². The molecule has 0 bridgehead atoms. The Kier molecular flexibility index (Phi) is 5.74. The minimum atomic E-state index is -0.203. The molecule has 0 atom stereocenters. The molecule has 28 heavy (non-hydrogen) atoms. The standard InChI is InChI=1S/C22H29N5O/c1-16-15-20(26-22(23-16)25-17-7-3-4-8-17)21(28)24-18-9-11-19(12-10-18)27-13-5-2-6-14-27/h9-12,15,17H,2-8,13-14H2,1H3,(H,24,28)(H,23,25,26). The van der Waals surface area contributed by atoms with E-state index in [0.29, 0.717) is 17.7 Å². The topological polar surface area (TPSA) is 70.2 Å². The third-order valence-corrected chi connectivity index (χ3v) is 5.62. The molecule has 0 radical (unpaired) electrons. The molecule has 1 aliphatic heterocycles. The Bertz CT molecular complexity index is 808. The molecule has 2 fully saturated rings. The van der Waals surface area contributed by atoms with Gasteiger partial charge in [0.05, 0.1) is 0 Å². The summed E-state index contributed by atoms with van der Waals surface area (Å²) in [7, 11) is 0. The molecule has 1 saturated heterocycles. The molecule has 6 heteroatoms. The summed E-state index contributed by atoms with van der Waals surface area (Å²) < 4.78 is 0. The lowest BCUT2D eigenvalue weighted by molar-refractivity contribution is 0.102. The van der Waals surface area contributed by atoms with Gasteiger partial charge in [0.15, 0.2) is 0 Å². The first-order valence-electron chi connectivity index (χ1n) is 10.5. The van der Waals surface area contributed by atoms with E-state index in [9.17, 15) is 4.79 Å². The van der Waals surface area contributed by atoms with Gasteiger partial charge in [-0.05, 0) is 69.4 Å². The summed E-state index contributed by atoms with van der Waals surface area (Å²) in [5, 5.41) is 6.34. The van der Waals surface area contributed by atoms with Crippen LogP contribution in [0.15, 0.2) is 30.3 Å². The lowest BCUT2D eigenvalue weighted by Gasteiger charge is -2.28. The van der Waals surface area contributed by atoms with Gasteiger partial charge in [-0.3, -0.25) is 4.79 Å². The fourth-order valence-corrected chi connectivity index (χ4v) is 4.10. The average molecular weight is 380 g/mol. The number of piperidine rings is 1. The SMILES string of the molecule is Cc1cc(C(=O)Nc2ccc(N3CCCCC3)cc2)nc(NC2CCCC2)n1. The molecule has 1 amide bonds. The van der Waals surface area contributed by atoms with Crippen molar-refractivity contribution < 1.29 is 4.79 Å². The molecule has 1 saturated carbocycles. The second-order valence-corrected chi connectivity index (χ2v) is 7.89. The van der Waals surface area contributed by atoms with Crippen LogP contribution in [0.25, 0.3) is 0 Å². The van der Waals surface area contributed by atoms with Crippen molar-refractivity contribution in [2.45, 2.75) is 57.9 Å². The maximum atomic E-state index is 12.7. The summed E-state index contributed by atoms with van der Waals surface area (Å²) in [6.07, 6.45) is 8.59. The van der Waals surface area contributed by atoms with Crippen LogP contribution in [-0.4, -0.2) is 35.0 Å². The van der Waals surface area contributed by atoms with Gasteiger partial charge in [-0.2, -0.15) is 0 Å². The van der Waals surface area contributed by atoms with Crippen LogP contribution in [0.4, 0.5) is 17.3 Å². The van der Waals surface area contributed by atoms with Crippen LogP contribution in [0.2, 0.25) is 0 Å². The number of nitrogens with one attached hydrogen (secondary N) is 2. The molecule has 6 nitrogen and oxygen atoms in total. The van der Waals surface area contributed by atoms with Gasteiger partial charge in [0.2, 0.25) is 5.95 Å². The lowest BCUT2D eigenvalue weighted by atomic mass is 10.1. The molecule has 1 aromatic heterocycles. The maximum Gasteiger partial charge on any atom is 0.274 e. The second-order valence-electron chi connectivity index (χ2n) is 7.89. The Balaban J connectivity index is 1.42. The number of carbonyl (C=O) groups is 1. The number of aromatic nitrogens is 2. The Hall–Kier alpha value is -2.63. The Morgan fingerprint density at radius 3 is 2.43 bits per heavy atom. The number of hydrogen-bond acceptors (Lipinski definition) is 5. The largest absolute Gasteiger partial charge is 0.372 e. The van der Waals surface area contributed by atoms with E-state index in [2.05, 4.69) is 37.6 Å². The summed E-state index contributed by atoms with van der Waals surface area (Å²) in [5.41, 5.74) is 3.19. The summed E-state index contributed by atoms with van der Waals surface area (Å²) in [6.45, 7) is 4.12. The van der Waals surface area contributed by atoms with Crippen LogP contribution in [0.3, 0.4) is 0 Å². The van der Waals surface area contributed by atoms with E-state index < -0.39 is 0 Å². The predicted octanol–water partition coefficient (Wildman–Crippen LogP) is 4.38. The zero-order valence-electron chi connectivity index (χ0n) is 16.6. The van der Waals surface area contributed by atoms with Crippen LogP contribution in [0.5, 0.6) is 0 Å². The van der Waals surface area contributed by atoms with Crippen molar-refractivity contribution in [2.75, 3.05) is 28.6 Å². The lowest BCUT2D eigenvalue weighted by Crippen LogP contribution is -2.29. The first-order valence-corrected chi connectivity index (χ1v) is 10.5. The highest BCUT2D eigenvalue weighted by atomic mass is 16.1. The van der Waals surface area contributed by atoms with Gasteiger partial charge in [-0.15, -0.1) is 0 Å². The van der Waals surface area contributed by atoms with Gasteiger partial charge in [-0.25, -0.2) is 9.97 Å². The van der Waals surface area contributed by atoms with Gasteiger partial charge in [-0.1, -0.05) is 12.8 Å². The fourth-order valence-electron chi connectivity index (χ4n) is 4.10. The molecular formula is C22H29N5O. The minimum Gasteiger partial charge on any atom is -0.372 e. The van der Waals surface area contributed by atoms with Gasteiger partial charge in [0.25, 0.3) is 5.91 Å². The third-order valence-electron chi connectivity index (χ3n) is 5.62. The second kappa shape index (κ2) is 8.59. The van der Waals surface area contributed by atoms with Crippen LogP contribution in [0, 0.1) is 6.92 Å². The molecule has 0 unspecified atom stereocenters. The van der Waals surface area contributed by atoms with E-state index in [1.807, 2.05) is 19.1 Å². The first kappa shape index (κ1) is 18.7. The van der Waals surface area contributed by atoms with Crippen LogP contribution in [0.1, 0.15) is 61.1 Å². The molecule has 1 aliphatic carbocycles. The Morgan fingerprint density at radius 1 is 1.00 bits per heavy atom. The molecule has 2 aromatic rings. The Labute approximate surface area is 166 Å². The van der Waals surface area contributed by atoms with Crippen molar-refractivity contribution in [3.63, 3.8) is 0 Å². The predicted molar refractivity (Wildman–Crippen MR) is 113 cm³/mol. The van der Waals surface area contributed by atoms with Crippen molar-refractivity contribution in [3.05, 3.63) is 41.7 Å². The van der Waals surface area contributed by atoms with E-state index in [0.717, 1.165) is 37.3 Å². The summed E-state index contributed by atoms with van der Waals surface area (Å²) in [6, 6.07) is 10.2. The highest BCUT2D eigenvalue weighted by Gasteiger charge is 2.18. The highest BCUT2D eigenvalue weighted by molar-refractivity contribution is 6.03. The zero-order valence-corrected chi connectivity index (χ0v) is 16.6. The van der Waals surface area contributed by atoms with Crippen LogP contribution in [-0.2, 0) is 0 Å². The molecule has 2 N–H and O–H groups in total. The number of amides is 1. The fraction of sp³-hybridized carbons (Fsp3) is 0.500. The quantitative estimate of drug-likeness (QED) is 0.807. The molecule has 2 heterocycles. The minimum absolute atomic E-state index is 0.203. The molecule has 1 aromatic carbocycles.